The SMILES string of the molecule is Cc1n[nH]c(C)c1NC(=O)C1CCCN(C(=O)C(C)C)C1. The molecule has 1 saturated heterocycles. The molecule has 0 aromatic carbocycles. The van der Waals surface area contributed by atoms with E-state index in [0.29, 0.717) is 6.54 Å². The summed E-state index contributed by atoms with van der Waals surface area (Å²) in [6.07, 6.45) is 1.70. The van der Waals surface area contributed by atoms with Crippen molar-refractivity contribution < 1.29 is 9.59 Å². The zero-order chi connectivity index (χ0) is 15.6. The zero-order valence-electron chi connectivity index (χ0n) is 13.2. The van der Waals surface area contributed by atoms with Gasteiger partial charge in [-0.05, 0) is 26.7 Å². The van der Waals surface area contributed by atoms with Gasteiger partial charge in [0.1, 0.15) is 0 Å². The minimum atomic E-state index is -0.143. The van der Waals surface area contributed by atoms with Gasteiger partial charge in [0, 0.05) is 19.0 Å². The Kier molecular flexibility index (Phi) is 4.65. The minimum absolute atomic E-state index is 0.0230. The molecule has 0 radical (unpaired) electrons. The quantitative estimate of drug-likeness (QED) is 0.892. The molecule has 1 aromatic heterocycles. The maximum atomic E-state index is 12.4. The van der Waals surface area contributed by atoms with Crippen molar-refractivity contribution in [3.63, 3.8) is 0 Å². The molecule has 0 aliphatic carbocycles. The Morgan fingerprint density at radius 1 is 1.38 bits per heavy atom. The van der Waals surface area contributed by atoms with Crippen LogP contribution in [0.15, 0.2) is 0 Å². The van der Waals surface area contributed by atoms with Crippen molar-refractivity contribution in [2.45, 2.75) is 40.5 Å². The topological polar surface area (TPSA) is 78.1 Å². The van der Waals surface area contributed by atoms with Crippen LogP contribution < -0.4 is 5.32 Å². The molecule has 1 aliphatic rings. The summed E-state index contributed by atoms with van der Waals surface area (Å²) in [7, 11) is 0. The number of nitrogens with one attached hydrogen (secondary N) is 2. The summed E-state index contributed by atoms with van der Waals surface area (Å²) in [5.41, 5.74) is 2.39. The van der Waals surface area contributed by atoms with Gasteiger partial charge in [0.2, 0.25) is 11.8 Å². The molecular weight excluding hydrogens is 268 g/mol. The van der Waals surface area contributed by atoms with Crippen molar-refractivity contribution >= 4 is 17.5 Å². The van der Waals surface area contributed by atoms with E-state index in [1.165, 1.54) is 0 Å². The Morgan fingerprint density at radius 3 is 2.67 bits per heavy atom. The van der Waals surface area contributed by atoms with Crippen molar-refractivity contribution in [2.24, 2.45) is 11.8 Å². The number of hydrogen-bond donors (Lipinski definition) is 2. The van der Waals surface area contributed by atoms with E-state index in [9.17, 15) is 9.59 Å². The molecule has 116 valence electrons. The van der Waals surface area contributed by atoms with Gasteiger partial charge in [0.15, 0.2) is 0 Å². The number of nitrogens with zero attached hydrogens (tertiary/aromatic N) is 2. The average molecular weight is 292 g/mol. The molecule has 0 spiro atoms. The summed E-state index contributed by atoms with van der Waals surface area (Å²) in [5, 5.41) is 9.88. The Balaban J connectivity index is 2.01. The number of piperidine rings is 1. The predicted molar refractivity (Wildman–Crippen MR) is 80.8 cm³/mol. The lowest BCUT2D eigenvalue weighted by molar-refractivity contribution is -0.137. The number of likely N-dealkylation sites (tertiary alicyclic amines) is 1. The number of aromatic amines is 1. The molecule has 1 aromatic rings. The summed E-state index contributed by atoms with van der Waals surface area (Å²) in [6.45, 7) is 8.79. The van der Waals surface area contributed by atoms with Gasteiger partial charge in [-0.3, -0.25) is 14.7 Å². The molecular formula is C15H24N4O2. The highest BCUT2D eigenvalue weighted by atomic mass is 16.2. The van der Waals surface area contributed by atoms with Gasteiger partial charge in [-0.2, -0.15) is 5.10 Å². The molecule has 2 amide bonds. The Labute approximate surface area is 125 Å². The van der Waals surface area contributed by atoms with E-state index in [1.807, 2.05) is 32.6 Å². The number of anilines is 1. The first-order valence-electron chi connectivity index (χ1n) is 7.51. The molecule has 2 rings (SSSR count). The van der Waals surface area contributed by atoms with E-state index >= 15 is 0 Å². The number of rotatable bonds is 3. The van der Waals surface area contributed by atoms with Crippen LogP contribution in [-0.4, -0.2) is 40.0 Å². The lowest BCUT2D eigenvalue weighted by atomic mass is 9.96. The minimum Gasteiger partial charge on any atom is -0.342 e. The molecule has 2 heterocycles. The third kappa shape index (κ3) is 3.43. The third-order valence-corrected chi connectivity index (χ3v) is 3.97. The molecule has 2 N–H and O–H groups in total. The molecule has 0 bridgehead atoms. The fraction of sp³-hybridized carbons (Fsp3) is 0.667. The normalized spacial score (nSPS) is 18.9. The van der Waals surface area contributed by atoms with Gasteiger partial charge in [-0.25, -0.2) is 0 Å². The summed E-state index contributed by atoms with van der Waals surface area (Å²) >= 11 is 0. The Bertz CT molecular complexity index is 516. The number of carbonyl (C=O) groups is 2. The van der Waals surface area contributed by atoms with Crippen LogP contribution in [0.5, 0.6) is 0 Å². The molecule has 0 saturated carbocycles. The van der Waals surface area contributed by atoms with Crippen LogP contribution in [-0.2, 0) is 9.59 Å². The van der Waals surface area contributed by atoms with Crippen LogP contribution in [0.4, 0.5) is 5.69 Å². The van der Waals surface area contributed by atoms with E-state index in [1.54, 1.807) is 0 Å². The van der Waals surface area contributed by atoms with E-state index in [-0.39, 0.29) is 23.7 Å². The summed E-state index contributed by atoms with van der Waals surface area (Å²) < 4.78 is 0. The van der Waals surface area contributed by atoms with E-state index in [0.717, 1.165) is 36.5 Å². The van der Waals surface area contributed by atoms with E-state index < -0.39 is 0 Å². The number of carbonyl (C=O) groups excluding carboxylic acids is 2. The molecule has 1 unspecified atom stereocenters. The largest absolute Gasteiger partial charge is 0.342 e. The van der Waals surface area contributed by atoms with Crippen LogP contribution in [0.2, 0.25) is 0 Å². The first-order chi connectivity index (χ1) is 9.90. The highest BCUT2D eigenvalue weighted by Gasteiger charge is 2.29. The van der Waals surface area contributed by atoms with Gasteiger partial charge in [-0.15, -0.1) is 0 Å². The summed E-state index contributed by atoms with van der Waals surface area (Å²) in [4.78, 5) is 26.3. The summed E-state index contributed by atoms with van der Waals surface area (Å²) in [5.74, 6) is -0.0626. The lowest BCUT2D eigenvalue weighted by Crippen LogP contribution is -2.45. The Morgan fingerprint density at radius 2 is 2.10 bits per heavy atom. The molecule has 6 heteroatoms. The van der Waals surface area contributed by atoms with Crippen molar-refractivity contribution in [1.29, 1.82) is 0 Å². The molecule has 1 atom stereocenters. The van der Waals surface area contributed by atoms with Crippen molar-refractivity contribution in [3.8, 4) is 0 Å². The second-order valence-electron chi connectivity index (χ2n) is 6.08. The Hall–Kier alpha value is -1.85. The fourth-order valence-electron chi connectivity index (χ4n) is 2.72. The summed E-state index contributed by atoms with van der Waals surface area (Å²) in [6, 6.07) is 0. The number of H-pyrrole nitrogens is 1. The van der Waals surface area contributed by atoms with Gasteiger partial charge in [0.05, 0.1) is 23.0 Å². The first-order valence-corrected chi connectivity index (χ1v) is 7.51. The molecule has 1 aliphatic heterocycles. The lowest BCUT2D eigenvalue weighted by Gasteiger charge is -2.33. The highest BCUT2D eigenvalue weighted by molar-refractivity contribution is 5.94. The number of aromatic nitrogens is 2. The number of aryl methyl sites for hydroxylation is 2. The third-order valence-electron chi connectivity index (χ3n) is 3.97. The number of amides is 2. The highest BCUT2D eigenvalue weighted by Crippen LogP contribution is 2.22. The maximum Gasteiger partial charge on any atom is 0.229 e. The van der Waals surface area contributed by atoms with Gasteiger partial charge >= 0.3 is 0 Å². The van der Waals surface area contributed by atoms with Crippen molar-refractivity contribution in [1.82, 2.24) is 15.1 Å². The van der Waals surface area contributed by atoms with Crippen molar-refractivity contribution in [2.75, 3.05) is 18.4 Å². The standard InChI is InChI=1S/C15H24N4O2/c1-9(2)15(21)19-7-5-6-12(8-19)14(20)16-13-10(3)17-18-11(13)4/h9,12H,5-8H2,1-4H3,(H,16,20)(H,17,18). The smallest absolute Gasteiger partial charge is 0.229 e. The van der Waals surface area contributed by atoms with Gasteiger partial charge < -0.3 is 10.2 Å². The van der Waals surface area contributed by atoms with Crippen LogP contribution in [0.1, 0.15) is 38.1 Å². The van der Waals surface area contributed by atoms with Crippen LogP contribution in [0.25, 0.3) is 0 Å². The second-order valence-corrected chi connectivity index (χ2v) is 6.08. The van der Waals surface area contributed by atoms with Crippen LogP contribution >= 0.6 is 0 Å². The fourth-order valence-corrected chi connectivity index (χ4v) is 2.72. The monoisotopic (exact) mass is 292 g/mol. The average Bonchev–Trinajstić information content (AvgIpc) is 2.78. The predicted octanol–water partition coefficient (Wildman–Crippen LogP) is 1.86. The zero-order valence-corrected chi connectivity index (χ0v) is 13.2. The number of hydrogen-bond acceptors (Lipinski definition) is 3. The van der Waals surface area contributed by atoms with Crippen LogP contribution in [0.3, 0.4) is 0 Å². The molecule has 21 heavy (non-hydrogen) atoms. The molecule has 1 fully saturated rings. The van der Waals surface area contributed by atoms with Gasteiger partial charge in [-0.1, -0.05) is 13.8 Å². The van der Waals surface area contributed by atoms with Crippen LogP contribution in [0, 0.1) is 25.7 Å². The molecule has 6 nitrogen and oxygen atoms in total. The first kappa shape index (κ1) is 15.5. The second kappa shape index (κ2) is 6.28. The van der Waals surface area contributed by atoms with E-state index in [4.69, 9.17) is 0 Å². The maximum absolute atomic E-state index is 12.4. The van der Waals surface area contributed by atoms with Crippen molar-refractivity contribution in [3.05, 3.63) is 11.4 Å². The van der Waals surface area contributed by atoms with Gasteiger partial charge in [0.25, 0.3) is 0 Å². The van der Waals surface area contributed by atoms with E-state index in [2.05, 4.69) is 15.5 Å².